The van der Waals surface area contributed by atoms with E-state index < -0.39 is 9.84 Å². The van der Waals surface area contributed by atoms with Crippen molar-refractivity contribution in [2.75, 3.05) is 23.4 Å². The number of hydrogen-bond acceptors (Lipinski definition) is 5. The van der Waals surface area contributed by atoms with Crippen LogP contribution in [0.25, 0.3) is 11.3 Å². The second kappa shape index (κ2) is 8.30. The van der Waals surface area contributed by atoms with Crippen LogP contribution in [0.15, 0.2) is 54.7 Å². The molecular weight excluding hydrogens is 425 g/mol. The minimum Gasteiger partial charge on any atom is -0.355 e. The molecule has 5 nitrogen and oxygen atoms in total. The van der Waals surface area contributed by atoms with Gasteiger partial charge in [0.2, 0.25) is 0 Å². The average Bonchev–Trinajstić information content (AvgIpc) is 3.15. The lowest BCUT2D eigenvalue weighted by Crippen LogP contribution is -2.40. The molecule has 1 atom stereocenters. The minimum absolute atomic E-state index is 0.123. The zero-order valence-corrected chi connectivity index (χ0v) is 18.8. The molecule has 3 heterocycles. The number of pyridine rings is 1. The second-order valence-corrected chi connectivity index (χ2v) is 10.9. The van der Waals surface area contributed by atoms with Crippen LogP contribution in [0.4, 0.5) is 15.8 Å². The van der Waals surface area contributed by atoms with Gasteiger partial charge in [-0.25, -0.2) is 12.8 Å². The number of rotatable bonds is 4. The molecule has 0 saturated carbocycles. The molecule has 5 rings (SSSR count). The number of anilines is 2. The molecule has 2 aliphatic heterocycles. The van der Waals surface area contributed by atoms with Gasteiger partial charge in [0.25, 0.3) is 0 Å². The van der Waals surface area contributed by atoms with Crippen molar-refractivity contribution in [3.63, 3.8) is 0 Å². The lowest BCUT2D eigenvalue weighted by atomic mass is 9.96. The zero-order chi connectivity index (χ0) is 22.3. The molecule has 0 radical (unpaired) electrons. The van der Waals surface area contributed by atoms with Crippen molar-refractivity contribution in [1.29, 1.82) is 0 Å². The van der Waals surface area contributed by atoms with E-state index in [0.717, 1.165) is 48.4 Å². The molecule has 0 bridgehead atoms. The fraction of sp³-hybridized carbons (Fsp3) is 0.320. The smallest absolute Gasteiger partial charge is 0.151 e. The fourth-order valence-electron chi connectivity index (χ4n) is 4.82. The molecule has 2 aliphatic rings. The molecule has 1 fully saturated rings. The first-order chi connectivity index (χ1) is 15.4. The van der Waals surface area contributed by atoms with Gasteiger partial charge in [0, 0.05) is 42.3 Å². The predicted octanol–water partition coefficient (Wildman–Crippen LogP) is 4.48. The van der Waals surface area contributed by atoms with Gasteiger partial charge in [-0.2, -0.15) is 0 Å². The van der Waals surface area contributed by atoms with E-state index in [4.69, 9.17) is 0 Å². The fourth-order valence-corrected chi connectivity index (χ4v) is 6.58. The topological polar surface area (TPSA) is 62.3 Å². The van der Waals surface area contributed by atoms with Gasteiger partial charge in [-0.05, 0) is 66.8 Å². The monoisotopic (exact) mass is 451 g/mol. The molecule has 0 amide bonds. The summed E-state index contributed by atoms with van der Waals surface area (Å²) in [7, 11) is -2.89. The molecule has 1 unspecified atom stereocenters. The van der Waals surface area contributed by atoms with E-state index in [2.05, 4.69) is 27.3 Å². The van der Waals surface area contributed by atoms with Gasteiger partial charge < -0.3 is 5.32 Å². The molecule has 32 heavy (non-hydrogen) atoms. The number of benzene rings is 2. The number of nitrogens with one attached hydrogen (secondary N) is 1. The van der Waals surface area contributed by atoms with Crippen molar-refractivity contribution in [1.82, 2.24) is 9.88 Å². The first-order valence-corrected chi connectivity index (χ1v) is 12.8. The van der Waals surface area contributed by atoms with Crippen molar-refractivity contribution < 1.29 is 12.8 Å². The number of fused-ring (bicyclic) bond motifs is 1. The summed E-state index contributed by atoms with van der Waals surface area (Å²) in [4.78, 5) is 6.54. The second-order valence-electron chi connectivity index (χ2n) is 8.71. The first-order valence-electron chi connectivity index (χ1n) is 10.9. The summed E-state index contributed by atoms with van der Waals surface area (Å²) in [5.41, 5.74) is 6.50. The summed E-state index contributed by atoms with van der Waals surface area (Å²) in [6.07, 6.45) is 3.20. The Balaban J connectivity index is 1.40. The van der Waals surface area contributed by atoms with Crippen LogP contribution in [0.1, 0.15) is 23.1 Å². The summed E-state index contributed by atoms with van der Waals surface area (Å²) >= 11 is 0. The van der Waals surface area contributed by atoms with Crippen LogP contribution in [-0.4, -0.2) is 42.4 Å². The molecular formula is C25H26FN3O2S. The highest BCUT2D eigenvalue weighted by Crippen LogP contribution is 2.33. The van der Waals surface area contributed by atoms with Crippen LogP contribution < -0.4 is 5.32 Å². The molecule has 0 aliphatic carbocycles. The third kappa shape index (κ3) is 4.14. The van der Waals surface area contributed by atoms with Crippen LogP contribution >= 0.6 is 0 Å². The third-order valence-electron chi connectivity index (χ3n) is 6.55. The number of nitrogens with zero attached hydrogens (tertiary/aromatic N) is 2. The minimum atomic E-state index is -2.89. The van der Waals surface area contributed by atoms with Crippen LogP contribution in [0.2, 0.25) is 0 Å². The Bertz CT molecular complexity index is 1280. The van der Waals surface area contributed by atoms with E-state index in [1.807, 2.05) is 31.2 Å². The maximum Gasteiger partial charge on any atom is 0.151 e. The van der Waals surface area contributed by atoms with Crippen molar-refractivity contribution in [2.24, 2.45) is 0 Å². The summed E-state index contributed by atoms with van der Waals surface area (Å²) < 4.78 is 38.1. The first kappa shape index (κ1) is 21.1. The highest BCUT2D eigenvalue weighted by Gasteiger charge is 2.34. The lowest BCUT2D eigenvalue weighted by molar-refractivity contribution is 0.194. The molecule has 2 aromatic carbocycles. The number of halogens is 1. The Kier molecular flexibility index (Phi) is 5.47. The quantitative estimate of drug-likeness (QED) is 0.634. The average molecular weight is 452 g/mol. The van der Waals surface area contributed by atoms with E-state index in [-0.39, 0.29) is 17.6 Å². The Morgan fingerprint density at radius 2 is 2.03 bits per heavy atom. The van der Waals surface area contributed by atoms with Gasteiger partial charge in [-0.1, -0.05) is 18.2 Å². The Labute approximate surface area is 188 Å². The van der Waals surface area contributed by atoms with Crippen molar-refractivity contribution in [2.45, 2.75) is 32.4 Å². The van der Waals surface area contributed by atoms with Crippen LogP contribution in [0.5, 0.6) is 0 Å². The normalized spacial score (nSPS) is 20.1. The summed E-state index contributed by atoms with van der Waals surface area (Å²) in [6.45, 7) is 3.57. The van der Waals surface area contributed by atoms with Gasteiger partial charge >= 0.3 is 0 Å². The molecule has 1 N–H and O–H groups in total. The SMILES string of the molecule is Cc1ccc(Nc2cccc3c2CCN(C2CCS(=O)(=O)C2)C3)cc1-c1ncccc1F. The third-order valence-corrected chi connectivity index (χ3v) is 8.30. The van der Waals surface area contributed by atoms with E-state index in [9.17, 15) is 12.8 Å². The lowest BCUT2D eigenvalue weighted by Gasteiger charge is -2.34. The van der Waals surface area contributed by atoms with Crippen LogP contribution in [0.3, 0.4) is 0 Å². The van der Waals surface area contributed by atoms with E-state index in [0.29, 0.717) is 11.4 Å². The van der Waals surface area contributed by atoms with Crippen molar-refractivity contribution in [3.8, 4) is 11.3 Å². The molecule has 166 valence electrons. The molecule has 3 aromatic rings. The van der Waals surface area contributed by atoms with Crippen LogP contribution in [0, 0.1) is 12.7 Å². The number of aromatic nitrogens is 1. The van der Waals surface area contributed by atoms with E-state index in [1.54, 1.807) is 12.3 Å². The Morgan fingerprint density at radius 3 is 2.81 bits per heavy atom. The molecule has 0 spiro atoms. The zero-order valence-electron chi connectivity index (χ0n) is 18.0. The van der Waals surface area contributed by atoms with E-state index >= 15 is 0 Å². The van der Waals surface area contributed by atoms with Crippen molar-refractivity contribution in [3.05, 3.63) is 77.2 Å². The molecule has 1 aromatic heterocycles. The summed E-state index contributed by atoms with van der Waals surface area (Å²) in [6, 6.07) is 15.3. The number of aryl methyl sites for hydroxylation is 1. The standard InChI is InChI=1S/C25H26FN3O2S/c1-17-7-8-19(14-22(17)25-23(26)5-3-11-27-25)28-24-6-2-4-18-15-29(12-9-21(18)24)20-10-13-32(30,31)16-20/h2-8,11,14,20,28H,9-10,12-13,15-16H2,1H3. The van der Waals surface area contributed by atoms with Crippen molar-refractivity contribution >= 4 is 21.2 Å². The van der Waals surface area contributed by atoms with Gasteiger partial charge in [0.05, 0.1) is 11.5 Å². The summed E-state index contributed by atoms with van der Waals surface area (Å²) in [5, 5.41) is 3.52. The van der Waals surface area contributed by atoms with Gasteiger partial charge in [-0.3, -0.25) is 9.88 Å². The highest BCUT2D eigenvalue weighted by molar-refractivity contribution is 7.91. The Morgan fingerprint density at radius 1 is 1.16 bits per heavy atom. The number of sulfone groups is 1. The predicted molar refractivity (Wildman–Crippen MR) is 125 cm³/mol. The van der Waals surface area contributed by atoms with Gasteiger partial charge in [0.1, 0.15) is 11.5 Å². The molecule has 1 saturated heterocycles. The summed E-state index contributed by atoms with van der Waals surface area (Å²) in [5.74, 6) is 0.241. The van der Waals surface area contributed by atoms with Crippen LogP contribution in [-0.2, 0) is 22.8 Å². The van der Waals surface area contributed by atoms with Gasteiger partial charge in [-0.15, -0.1) is 0 Å². The van der Waals surface area contributed by atoms with Gasteiger partial charge in [0.15, 0.2) is 9.84 Å². The maximum absolute atomic E-state index is 14.3. The largest absolute Gasteiger partial charge is 0.355 e. The maximum atomic E-state index is 14.3. The molecule has 7 heteroatoms. The highest BCUT2D eigenvalue weighted by atomic mass is 32.2. The Hall–Kier alpha value is -2.77. The number of hydrogen-bond donors (Lipinski definition) is 1. The van der Waals surface area contributed by atoms with E-state index in [1.165, 1.54) is 17.2 Å².